The first kappa shape index (κ1) is 17.3. The predicted octanol–water partition coefficient (Wildman–Crippen LogP) is 3.91. The minimum atomic E-state index is 0.859. The standard InChI is InChI=1S/C19H40N2/c1-6-20(4,7-2)14-10-11-17(3)21(5)15-18-12-8-9-13-19(18)16-21/h17-19H,6-16H2,1-5H3/q+2/t17-,18-,19+,21?/m0/s1. The number of nitrogens with zero attached hydrogens (tertiary/aromatic N) is 2. The highest BCUT2D eigenvalue weighted by molar-refractivity contribution is 4.81. The number of rotatable bonds is 7. The average Bonchev–Trinajstić information content (AvgIpc) is 2.84. The van der Waals surface area contributed by atoms with Gasteiger partial charge in [-0.2, -0.15) is 0 Å². The van der Waals surface area contributed by atoms with Crippen LogP contribution in [-0.4, -0.2) is 61.8 Å². The van der Waals surface area contributed by atoms with E-state index >= 15 is 0 Å². The lowest BCUT2D eigenvalue weighted by Gasteiger charge is -2.38. The maximum absolute atomic E-state index is 2.55. The Bertz CT molecular complexity index is 308. The molecule has 2 aliphatic rings. The van der Waals surface area contributed by atoms with E-state index in [1.165, 1.54) is 80.2 Å². The number of fused-ring (bicyclic) bond motifs is 1. The van der Waals surface area contributed by atoms with Crippen LogP contribution < -0.4 is 0 Å². The number of likely N-dealkylation sites (tertiary alicyclic amines) is 1. The minimum Gasteiger partial charge on any atom is -0.326 e. The fraction of sp³-hybridized carbons (Fsp3) is 1.00. The molecule has 0 amide bonds. The van der Waals surface area contributed by atoms with Crippen LogP contribution in [0.2, 0.25) is 0 Å². The minimum absolute atomic E-state index is 0.859. The Morgan fingerprint density at radius 3 is 2.05 bits per heavy atom. The zero-order chi connectivity index (χ0) is 15.5. The van der Waals surface area contributed by atoms with Gasteiger partial charge in [0.25, 0.3) is 0 Å². The van der Waals surface area contributed by atoms with Crippen molar-refractivity contribution in [2.24, 2.45) is 11.8 Å². The van der Waals surface area contributed by atoms with E-state index in [9.17, 15) is 0 Å². The lowest BCUT2D eigenvalue weighted by atomic mass is 9.82. The van der Waals surface area contributed by atoms with Gasteiger partial charge in [0.1, 0.15) is 0 Å². The van der Waals surface area contributed by atoms with E-state index in [0.717, 1.165) is 17.9 Å². The first-order valence-electron chi connectivity index (χ1n) is 9.60. The van der Waals surface area contributed by atoms with Crippen LogP contribution in [0, 0.1) is 11.8 Å². The summed E-state index contributed by atoms with van der Waals surface area (Å²) in [6.45, 7) is 14.1. The molecular weight excluding hydrogens is 256 g/mol. The first-order chi connectivity index (χ1) is 9.92. The van der Waals surface area contributed by atoms with E-state index in [1.54, 1.807) is 0 Å². The van der Waals surface area contributed by atoms with Crippen LogP contribution in [0.5, 0.6) is 0 Å². The zero-order valence-corrected chi connectivity index (χ0v) is 15.4. The predicted molar refractivity (Wildman–Crippen MR) is 92.2 cm³/mol. The molecule has 2 nitrogen and oxygen atoms in total. The topological polar surface area (TPSA) is 0 Å². The number of quaternary nitrogens is 2. The van der Waals surface area contributed by atoms with Crippen molar-refractivity contribution >= 4 is 0 Å². The summed E-state index contributed by atoms with van der Waals surface area (Å²) >= 11 is 0. The molecule has 1 aliphatic carbocycles. The SMILES string of the molecule is CC[N+](C)(CC)CCC[C@H](C)[N+]1(C)C[C@H]2CCCC[C@H]2C1. The summed E-state index contributed by atoms with van der Waals surface area (Å²) in [5.74, 6) is 2.11. The Morgan fingerprint density at radius 1 is 1.05 bits per heavy atom. The molecule has 2 rings (SSSR count). The third kappa shape index (κ3) is 4.01. The second-order valence-electron chi connectivity index (χ2n) is 8.62. The van der Waals surface area contributed by atoms with Gasteiger partial charge in [-0.3, -0.25) is 0 Å². The van der Waals surface area contributed by atoms with Crippen molar-refractivity contribution in [3.05, 3.63) is 0 Å². The Hall–Kier alpha value is -0.0800. The van der Waals surface area contributed by atoms with Gasteiger partial charge in [0.15, 0.2) is 0 Å². The molecule has 0 N–H and O–H groups in total. The van der Waals surface area contributed by atoms with Gasteiger partial charge in [-0.25, -0.2) is 0 Å². The monoisotopic (exact) mass is 296 g/mol. The molecule has 0 aromatic carbocycles. The van der Waals surface area contributed by atoms with Gasteiger partial charge in [-0.1, -0.05) is 12.8 Å². The van der Waals surface area contributed by atoms with Gasteiger partial charge >= 0.3 is 0 Å². The molecule has 124 valence electrons. The van der Waals surface area contributed by atoms with Crippen molar-refractivity contribution in [1.82, 2.24) is 0 Å². The van der Waals surface area contributed by atoms with Crippen LogP contribution in [0.15, 0.2) is 0 Å². The Labute approximate surface area is 133 Å². The van der Waals surface area contributed by atoms with Gasteiger partial charge in [-0.15, -0.1) is 0 Å². The first-order valence-corrected chi connectivity index (χ1v) is 9.60. The largest absolute Gasteiger partial charge is 0.326 e. The van der Waals surface area contributed by atoms with Crippen molar-refractivity contribution in [3.8, 4) is 0 Å². The Kier molecular flexibility index (Phi) is 5.76. The molecule has 0 spiro atoms. The average molecular weight is 297 g/mol. The number of hydrogen-bond donors (Lipinski definition) is 0. The van der Waals surface area contributed by atoms with Gasteiger partial charge in [0.2, 0.25) is 0 Å². The lowest BCUT2D eigenvalue weighted by molar-refractivity contribution is -0.925. The van der Waals surface area contributed by atoms with E-state index in [1.807, 2.05) is 0 Å². The lowest BCUT2D eigenvalue weighted by Crippen LogP contribution is -2.50. The highest BCUT2D eigenvalue weighted by Gasteiger charge is 2.45. The van der Waals surface area contributed by atoms with Gasteiger partial charge < -0.3 is 8.97 Å². The summed E-state index contributed by atoms with van der Waals surface area (Å²) in [6.07, 6.45) is 8.86. The molecule has 2 heteroatoms. The van der Waals surface area contributed by atoms with E-state index in [-0.39, 0.29) is 0 Å². The van der Waals surface area contributed by atoms with Crippen LogP contribution >= 0.6 is 0 Å². The second kappa shape index (κ2) is 7.00. The quantitative estimate of drug-likeness (QED) is 0.625. The van der Waals surface area contributed by atoms with Crippen LogP contribution in [0.3, 0.4) is 0 Å². The van der Waals surface area contributed by atoms with E-state index < -0.39 is 0 Å². The molecular formula is C19H40N2+2. The summed E-state index contributed by atoms with van der Waals surface area (Å²) in [4.78, 5) is 0. The smallest absolute Gasteiger partial charge is 0.0862 e. The van der Waals surface area contributed by atoms with Gasteiger partial charge in [0, 0.05) is 24.7 Å². The Morgan fingerprint density at radius 2 is 1.57 bits per heavy atom. The molecule has 2 fully saturated rings. The van der Waals surface area contributed by atoms with Crippen LogP contribution in [-0.2, 0) is 0 Å². The van der Waals surface area contributed by atoms with Crippen molar-refractivity contribution in [2.75, 3.05) is 46.8 Å². The van der Waals surface area contributed by atoms with E-state index in [0.29, 0.717) is 0 Å². The van der Waals surface area contributed by atoms with E-state index in [4.69, 9.17) is 0 Å². The molecule has 0 radical (unpaired) electrons. The molecule has 0 aromatic rings. The van der Waals surface area contributed by atoms with Crippen LogP contribution in [0.25, 0.3) is 0 Å². The maximum atomic E-state index is 2.55. The molecule has 1 saturated carbocycles. The highest BCUT2D eigenvalue weighted by atomic mass is 15.4. The molecule has 0 bridgehead atoms. The second-order valence-corrected chi connectivity index (χ2v) is 8.62. The molecule has 1 heterocycles. The molecule has 21 heavy (non-hydrogen) atoms. The van der Waals surface area contributed by atoms with Crippen molar-refractivity contribution in [3.63, 3.8) is 0 Å². The van der Waals surface area contributed by atoms with Crippen molar-refractivity contribution in [2.45, 2.75) is 65.3 Å². The molecule has 1 aliphatic heterocycles. The summed E-state index contributed by atoms with van der Waals surface area (Å²) in [6, 6.07) is 0.859. The molecule has 1 unspecified atom stereocenters. The fourth-order valence-electron chi connectivity index (χ4n) is 4.89. The third-order valence-electron chi connectivity index (χ3n) is 7.28. The summed E-state index contributed by atoms with van der Waals surface area (Å²) in [5.41, 5.74) is 0. The van der Waals surface area contributed by atoms with Crippen molar-refractivity contribution < 1.29 is 8.97 Å². The Balaban J connectivity index is 1.81. The molecule has 0 aromatic heterocycles. The fourth-order valence-corrected chi connectivity index (χ4v) is 4.89. The summed E-state index contributed by atoms with van der Waals surface area (Å²) in [5, 5.41) is 0. The normalized spacial score (nSPS) is 34.7. The highest BCUT2D eigenvalue weighted by Crippen LogP contribution is 2.40. The van der Waals surface area contributed by atoms with Crippen LogP contribution in [0.4, 0.5) is 0 Å². The number of hydrogen-bond acceptors (Lipinski definition) is 0. The van der Waals surface area contributed by atoms with E-state index in [2.05, 4.69) is 34.9 Å². The maximum Gasteiger partial charge on any atom is 0.0862 e. The molecule has 4 atom stereocenters. The van der Waals surface area contributed by atoms with Gasteiger partial charge in [-0.05, 0) is 33.6 Å². The zero-order valence-electron chi connectivity index (χ0n) is 15.4. The van der Waals surface area contributed by atoms with Crippen molar-refractivity contribution in [1.29, 1.82) is 0 Å². The van der Waals surface area contributed by atoms with Gasteiger partial charge in [0.05, 0.1) is 52.9 Å². The summed E-state index contributed by atoms with van der Waals surface area (Å²) in [7, 11) is 4.97. The molecule has 1 saturated heterocycles. The van der Waals surface area contributed by atoms with Crippen LogP contribution in [0.1, 0.15) is 59.3 Å². The summed E-state index contributed by atoms with van der Waals surface area (Å²) < 4.78 is 2.62. The third-order valence-corrected chi connectivity index (χ3v) is 7.28.